The summed E-state index contributed by atoms with van der Waals surface area (Å²) in [7, 11) is 0. The molecule has 4 atom stereocenters. The summed E-state index contributed by atoms with van der Waals surface area (Å²) < 4.78 is 5.50. The van der Waals surface area contributed by atoms with Gasteiger partial charge in [-0.2, -0.15) is 15.3 Å². The summed E-state index contributed by atoms with van der Waals surface area (Å²) in [6.45, 7) is -0.405. The van der Waals surface area contributed by atoms with Gasteiger partial charge in [0.2, 0.25) is 5.82 Å². The van der Waals surface area contributed by atoms with E-state index in [-0.39, 0.29) is 0 Å². The number of hydrogen-bond donors (Lipinski definition) is 4. The number of hydrogen-bond acceptors (Lipinski definition) is 9. The summed E-state index contributed by atoms with van der Waals surface area (Å²) in [6.07, 6.45) is 0.167. The Bertz CT molecular complexity index is 820. The standard InChI is InChI=1S/C12H13N7O4/c20-3-5-9(21)10(22)11(23-5)7-6-8(18-17-7)12(14-4-13-6)19-15-1-2-16-19/h1-2,4-5,9-11,20-22H,3H2,(H,17,18)/t5-,9-,10-,11+/m1/s1. The van der Waals surface area contributed by atoms with E-state index in [2.05, 4.69) is 30.4 Å². The fourth-order valence-corrected chi connectivity index (χ4v) is 2.65. The van der Waals surface area contributed by atoms with Crippen molar-refractivity contribution in [1.82, 2.24) is 35.2 Å². The van der Waals surface area contributed by atoms with Crippen LogP contribution in [0.3, 0.4) is 0 Å². The molecule has 1 saturated heterocycles. The minimum absolute atomic E-state index is 0.370. The van der Waals surface area contributed by atoms with Crippen LogP contribution in [0, 0.1) is 0 Å². The molecule has 11 heteroatoms. The molecule has 0 radical (unpaired) electrons. The molecule has 0 amide bonds. The summed E-state index contributed by atoms with van der Waals surface area (Å²) >= 11 is 0. The number of H-pyrrole nitrogens is 1. The van der Waals surface area contributed by atoms with Crippen LogP contribution in [0.2, 0.25) is 0 Å². The van der Waals surface area contributed by atoms with Gasteiger partial charge in [0.15, 0.2) is 5.52 Å². The van der Waals surface area contributed by atoms with E-state index in [1.54, 1.807) is 0 Å². The molecule has 0 unspecified atom stereocenters. The molecule has 0 saturated carbocycles. The molecule has 1 fully saturated rings. The van der Waals surface area contributed by atoms with Crippen LogP contribution in [0.4, 0.5) is 0 Å². The van der Waals surface area contributed by atoms with E-state index in [9.17, 15) is 15.3 Å². The minimum atomic E-state index is -1.21. The Labute approximate surface area is 128 Å². The lowest BCUT2D eigenvalue weighted by Gasteiger charge is -2.12. The monoisotopic (exact) mass is 319 g/mol. The van der Waals surface area contributed by atoms with Crippen molar-refractivity contribution in [3.05, 3.63) is 24.4 Å². The summed E-state index contributed by atoms with van der Waals surface area (Å²) in [5.41, 5.74) is 1.21. The van der Waals surface area contributed by atoms with Gasteiger partial charge in [-0.1, -0.05) is 0 Å². The van der Waals surface area contributed by atoms with Crippen LogP contribution in [0.25, 0.3) is 16.9 Å². The Balaban J connectivity index is 1.80. The van der Waals surface area contributed by atoms with E-state index in [1.807, 2.05) is 0 Å². The molecule has 4 N–H and O–H groups in total. The van der Waals surface area contributed by atoms with Gasteiger partial charge in [0.05, 0.1) is 24.7 Å². The maximum Gasteiger partial charge on any atom is 0.205 e. The molecule has 120 valence electrons. The largest absolute Gasteiger partial charge is 0.394 e. The predicted octanol–water partition coefficient (Wildman–Crippen LogP) is -1.91. The Morgan fingerprint density at radius 2 is 1.91 bits per heavy atom. The Morgan fingerprint density at radius 1 is 1.13 bits per heavy atom. The Hall–Kier alpha value is -2.47. The number of aromatic nitrogens is 7. The van der Waals surface area contributed by atoms with Gasteiger partial charge in [0.25, 0.3) is 0 Å². The van der Waals surface area contributed by atoms with E-state index in [4.69, 9.17) is 4.74 Å². The molecule has 4 rings (SSSR count). The summed E-state index contributed by atoms with van der Waals surface area (Å²) in [4.78, 5) is 9.56. The lowest BCUT2D eigenvalue weighted by molar-refractivity contribution is -0.0236. The zero-order chi connectivity index (χ0) is 16.0. The second-order valence-corrected chi connectivity index (χ2v) is 5.11. The lowest BCUT2D eigenvalue weighted by Crippen LogP contribution is -2.32. The maximum absolute atomic E-state index is 10.1. The first kappa shape index (κ1) is 14.1. The number of aliphatic hydroxyl groups excluding tert-OH is 3. The van der Waals surface area contributed by atoms with Crippen molar-refractivity contribution in [2.45, 2.75) is 24.4 Å². The second-order valence-electron chi connectivity index (χ2n) is 5.11. The molecular formula is C12H13N7O4. The third-order valence-corrected chi connectivity index (χ3v) is 3.78. The predicted molar refractivity (Wildman–Crippen MR) is 73.3 cm³/mol. The molecule has 0 aliphatic carbocycles. The number of ether oxygens (including phenoxy) is 1. The van der Waals surface area contributed by atoms with Gasteiger partial charge >= 0.3 is 0 Å². The van der Waals surface area contributed by atoms with E-state index in [0.717, 1.165) is 0 Å². The normalized spacial score (nSPS) is 27.8. The molecule has 3 aromatic rings. The van der Waals surface area contributed by atoms with E-state index in [1.165, 1.54) is 23.5 Å². The number of nitrogens with one attached hydrogen (secondary N) is 1. The van der Waals surface area contributed by atoms with Crippen LogP contribution in [0.5, 0.6) is 0 Å². The average molecular weight is 319 g/mol. The van der Waals surface area contributed by atoms with Gasteiger partial charge in [-0.15, -0.1) is 4.80 Å². The van der Waals surface area contributed by atoms with Crippen LogP contribution in [-0.4, -0.2) is 75.4 Å². The number of nitrogens with zero attached hydrogens (tertiary/aromatic N) is 6. The van der Waals surface area contributed by atoms with Gasteiger partial charge in [0.1, 0.15) is 36.3 Å². The van der Waals surface area contributed by atoms with E-state index in [0.29, 0.717) is 22.5 Å². The molecule has 1 aliphatic heterocycles. The molecule has 1 aliphatic rings. The van der Waals surface area contributed by atoms with Crippen LogP contribution in [-0.2, 0) is 4.74 Å². The fraction of sp³-hybridized carbons (Fsp3) is 0.417. The molecule has 23 heavy (non-hydrogen) atoms. The average Bonchev–Trinajstić information content (AvgIpc) is 3.28. The zero-order valence-corrected chi connectivity index (χ0v) is 11.7. The molecule has 0 aromatic carbocycles. The number of fused-ring (bicyclic) bond motifs is 1. The number of aliphatic hydroxyl groups is 3. The van der Waals surface area contributed by atoms with Crippen molar-refractivity contribution in [3.63, 3.8) is 0 Å². The first-order valence-corrected chi connectivity index (χ1v) is 6.89. The van der Waals surface area contributed by atoms with Crippen molar-refractivity contribution in [1.29, 1.82) is 0 Å². The van der Waals surface area contributed by atoms with Gasteiger partial charge in [0, 0.05) is 0 Å². The SMILES string of the molecule is OC[C@H]1O[C@@H](c2[nH]nc3c(-n4nccn4)ncnc23)[C@H](O)[C@@H]1O. The third kappa shape index (κ3) is 2.09. The highest BCUT2D eigenvalue weighted by atomic mass is 16.6. The second kappa shape index (κ2) is 5.31. The smallest absolute Gasteiger partial charge is 0.205 e. The van der Waals surface area contributed by atoms with E-state index < -0.39 is 31.0 Å². The van der Waals surface area contributed by atoms with Crippen molar-refractivity contribution in [3.8, 4) is 5.82 Å². The van der Waals surface area contributed by atoms with Gasteiger partial charge < -0.3 is 20.1 Å². The van der Waals surface area contributed by atoms with Crippen LogP contribution < -0.4 is 0 Å². The summed E-state index contributed by atoms with van der Waals surface area (Å²) in [5.74, 6) is 0.370. The van der Waals surface area contributed by atoms with Gasteiger partial charge in [-0.05, 0) is 0 Å². The maximum atomic E-state index is 10.1. The molecule has 11 nitrogen and oxygen atoms in total. The highest BCUT2D eigenvalue weighted by molar-refractivity contribution is 5.83. The first-order valence-electron chi connectivity index (χ1n) is 6.89. The molecular weight excluding hydrogens is 306 g/mol. The lowest BCUT2D eigenvalue weighted by atomic mass is 10.1. The van der Waals surface area contributed by atoms with Gasteiger partial charge in [-0.25, -0.2) is 9.97 Å². The topological polar surface area (TPSA) is 155 Å². The van der Waals surface area contributed by atoms with Crippen molar-refractivity contribution < 1.29 is 20.1 Å². The zero-order valence-electron chi connectivity index (χ0n) is 11.7. The van der Waals surface area contributed by atoms with Crippen LogP contribution >= 0.6 is 0 Å². The molecule has 4 heterocycles. The summed E-state index contributed by atoms with van der Waals surface area (Å²) in [6, 6.07) is 0. The number of aromatic amines is 1. The first-order chi connectivity index (χ1) is 11.2. The molecule has 0 bridgehead atoms. The fourth-order valence-electron chi connectivity index (χ4n) is 2.65. The summed E-state index contributed by atoms with van der Waals surface area (Å²) in [5, 5.41) is 44.1. The van der Waals surface area contributed by atoms with Crippen molar-refractivity contribution >= 4 is 11.0 Å². The van der Waals surface area contributed by atoms with Crippen LogP contribution in [0.15, 0.2) is 18.7 Å². The van der Waals surface area contributed by atoms with E-state index >= 15 is 0 Å². The Kier molecular flexibility index (Phi) is 3.27. The molecule has 3 aromatic heterocycles. The van der Waals surface area contributed by atoms with Gasteiger partial charge in [-0.3, -0.25) is 5.10 Å². The van der Waals surface area contributed by atoms with Crippen molar-refractivity contribution in [2.24, 2.45) is 0 Å². The Morgan fingerprint density at radius 3 is 2.61 bits per heavy atom. The minimum Gasteiger partial charge on any atom is -0.394 e. The number of rotatable bonds is 3. The highest BCUT2D eigenvalue weighted by Crippen LogP contribution is 2.35. The quantitative estimate of drug-likeness (QED) is 0.432. The molecule has 0 spiro atoms. The van der Waals surface area contributed by atoms with Crippen LogP contribution in [0.1, 0.15) is 11.8 Å². The highest BCUT2D eigenvalue weighted by Gasteiger charge is 2.44. The third-order valence-electron chi connectivity index (χ3n) is 3.78. The van der Waals surface area contributed by atoms with Crippen molar-refractivity contribution in [2.75, 3.05) is 6.61 Å².